The molecule has 2 N–H and O–H groups in total. The van der Waals surface area contributed by atoms with Gasteiger partial charge in [-0.05, 0) is 32.8 Å². The van der Waals surface area contributed by atoms with E-state index < -0.39 is 5.97 Å². The number of rotatable bonds is 7. The van der Waals surface area contributed by atoms with Gasteiger partial charge in [0.25, 0.3) is 0 Å². The van der Waals surface area contributed by atoms with Crippen LogP contribution in [0.25, 0.3) is 0 Å². The molecule has 0 aliphatic carbocycles. The summed E-state index contributed by atoms with van der Waals surface area (Å²) in [6.07, 6.45) is 2.30. The van der Waals surface area contributed by atoms with Crippen LogP contribution in [0.4, 0.5) is 5.95 Å². The highest BCUT2D eigenvalue weighted by atomic mass is 16.4. The summed E-state index contributed by atoms with van der Waals surface area (Å²) in [5.41, 5.74) is 1.08. The first-order chi connectivity index (χ1) is 9.42. The van der Waals surface area contributed by atoms with Crippen LogP contribution in [0.3, 0.4) is 0 Å². The second kappa shape index (κ2) is 7.43. The number of carbonyl (C=O) groups is 1. The van der Waals surface area contributed by atoms with E-state index in [0.29, 0.717) is 18.1 Å². The molecular weight excluding hydrogens is 256 g/mol. The maximum Gasteiger partial charge on any atom is 0.306 e. The van der Waals surface area contributed by atoms with Crippen molar-refractivity contribution in [1.29, 1.82) is 5.26 Å². The van der Waals surface area contributed by atoms with Crippen LogP contribution in [0.15, 0.2) is 6.07 Å². The molecule has 2 unspecified atom stereocenters. The van der Waals surface area contributed by atoms with Gasteiger partial charge in [-0.3, -0.25) is 4.79 Å². The topological polar surface area (TPSA) is 98.9 Å². The van der Waals surface area contributed by atoms with E-state index in [0.717, 1.165) is 18.5 Å². The smallest absolute Gasteiger partial charge is 0.306 e. The van der Waals surface area contributed by atoms with Crippen molar-refractivity contribution in [2.75, 3.05) is 5.32 Å². The van der Waals surface area contributed by atoms with Gasteiger partial charge < -0.3 is 10.4 Å². The molecule has 1 heterocycles. The predicted molar refractivity (Wildman–Crippen MR) is 75.2 cm³/mol. The highest BCUT2D eigenvalue weighted by Crippen LogP contribution is 2.12. The fourth-order valence-corrected chi connectivity index (χ4v) is 1.84. The predicted octanol–water partition coefficient (Wildman–Crippen LogP) is 2.35. The average Bonchev–Trinajstić information content (AvgIpc) is 2.37. The summed E-state index contributed by atoms with van der Waals surface area (Å²) in [5.74, 6) is -0.630. The van der Waals surface area contributed by atoms with Gasteiger partial charge >= 0.3 is 5.97 Å². The fraction of sp³-hybridized carbons (Fsp3) is 0.571. The number of nitrogens with zero attached hydrogens (tertiary/aromatic N) is 3. The Bertz CT molecular complexity index is 510. The van der Waals surface area contributed by atoms with Gasteiger partial charge in [-0.2, -0.15) is 5.26 Å². The third-order valence-electron chi connectivity index (χ3n) is 3.04. The van der Waals surface area contributed by atoms with Crippen molar-refractivity contribution in [3.8, 4) is 6.07 Å². The van der Waals surface area contributed by atoms with Crippen molar-refractivity contribution in [2.45, 2.75) is 46.1 Å². The maximum absolute atomic E-state index is 10.7. The summed E-state index contributed by atoms with van der Waals surface area (Å²) < 4.78 is 0. The molecule has 0 aliphatic heterocycles. The normalized spacial score (nSPS) is 13.3. The largest absolute Gasteiger partial charge is 0.481 e. The zero-order valence-electron chi connectivity index (χ0n) is 12.1. The minimum absolute atomic E-state index is 0.129. The molecule has 0 spiro atoms. The van der Waals surface area contributed by atoms with Crippen molar-refractivity contribution in [3.05, 3.63) is 17.5 Å². The molecule has 0 fully saturated rings. The number of aliphatic carboxylic acids is 1. The number of aryl methyl sites for hydroxylation is 1. The summed E-state index contributed by atoms with van der Waals surface area (Å²) >= 11 is 0. The SMILES string of the molecule is Cc1cc(C#N)nc(NC(C)CCCC(C)C(=O)O)n1. The van der Waals surface area contributed by atoms with E-state index in [1.54, 1.807) is 13.0 Å². The highest BCUT2D eigenvalue weighted by Gasteiger charge is 2.12. The van der Waals surface area contributed by atoms with Crippen LogP contribution in [0.2, 0.25) is 0 Å². The summed E-state index contributed by atoms with van der Waals surface area (Å²) in [6.45, 7) is 5.51. The van der Waals surface area contributed by atoms with Crippen molar-refractivity contribution in [1.82, 2.24) is 9.97 Å². The van der Waals surface area contributed by atoms with Gasteiger partial charge in [0.2, 0.25) is 5.95 Å². The molecule has 6 nitrogen and oxygen atoms in total. The molecule has 20 heavy (non-hydrogen) atoms. The Balaban J connectivity index is 2.46. The Kier molecular flexibility index (Phi) is 5.91. The van der Waals surface area contributed by atoms with Gasteiger partial charge in [0.15, 0.2) is 0 Å². The minimum Gasteiger partial charge on any atom is -0.481 e. The Morgan fingerprint density at radius 3 is 2.75 bits per heavy atom. The van der Waals surface area contributed by atoms with E-state index in [2.05, 4.69) is 15.3 Å². The van der Waals surface area contributed by atoms with Crippen molar-refractivity contribution < 1.29 is 9.90 Å². The molecule has 0 saturated heterocycles. The van der Waals surface area contributed by atoms with E-state index >= 15 is 0 Å². The number of nitriles is 1. The van der Waals surface area contributed by atoms with Crippen molar-refractivity contribution in [2.24, 2.45) is 5.92 Å². The molecular formula is C14H20N4O2. The standard InChI is InChI=1S/C14H20N4O2/c1-9(13(19)20)5-4-6-10(2)16-14-17-11(3)7-12(8-15)18-14/h7,9-10H,4-6H2,1-3H3,(H,19,20)(H,16,17,18). The Morgan fingerprint density at radius 1 is 1.45 bits per heavy atom. The molecule has 2 atom stereocenters. The number of nitrogens with one attached hydrogen (secondary N) is 1. The molecule has 0 amide bonds. The van der Waals surface area contributed by atoms with Gasteiger partial charge in [-0.15, -0.1) is 0 Å². The number of anilines is 1. The van der Waals surface area contributed by atoms with E-state index in [-0.39, 0.29) is 12.0 Å². The first-order valence-corrected chi connectivity index (χ1v) is 6.67. The molecule has 1 rings (SSSR count). The number of aromatic nitrogens is 2. The monoisotopic (exact) mass is 276 g/mol. The lowest BCUT2D eigenvalue weighted by molar-refractivity contribution is -0.141. The second-order valence-corrected chi connectivity index (χ2v) is 5.05. The van der Waals surface area contributed by atoms with Crippen LogP contribution in [0.5, 0.6) is 0 Å². The molecule has 1 aromatic heterocycles. The third-order valence-corrected chi connectivity index (χ3v) is 3.04. The number of carboxylic acid groups (broad SMARTS) is 1. The van der Waals surface area contributed by atoms with Crippen LogP contribution in [0.1, 0.15) is 44.5 Å². The van der Waals surface area contributed by atoms with Crippen LogP contribution >= 0.6 is 0 Å². The third kappa shape index (κ3) is 5.22. The van der Waals surface area contributed by atoms with Gasteiger partial charge in [-0.25, -0.2) is 9.97 Å². The minimum atomic E-state index is -0.758. The Hall–Kier alpha value is -2.16. The first-order valence-electron chi connectivity index (χ1n) is 6.67. The summed E-state index contributed by atoms with van der Waals surface area (Å²) in [5, 5.41) is 20.8. The quantitative estimate of drug-likeness (QED) is 0.793. The fourth-order valence-electron chi connectivity index (χ4n) is 1.84. The lowest BCUT2D eigenvalue weighted by Crippen LogP contribution is -2.18. The van der Waals surface area contributed by atoms with Gasteiger partial charge in [0, 0.05) is 11.7 Å². The van der Waals surface area contributed by atoms with Crippen LogP contribution < -0.4 is 5.32 Å². The number of carboxylic acids is 1. The molecule has 0 radical (unpaired) electrons. The molecule has 0 saturated carbocycles. The Labute approximate surface area is 118 Å². The van der Waals surface area contributed by atoms with E-state index in [1.165, 1.54) is 0 Å². The molecule has 108 valence electrons. The van der Waals surface area contributed by atoms with Crippen LogP contribution in [-0.4, -0.2) is 27.1 Å². The van der Waals surface area contributed by atoms with Gasteiger partial charge in [0.1, 0.15) is 11.8 Å². The molecule has 1 aromatic rings. The number of hydrogen-bond donors (Lipinski definition) is 2. The zero-order chi connectivity index (χ0) is 15.1. The molecule has 0 bridgehead atoms. The van der Waals surface area contributed by atoms with E-state index in [4.69, 9.17) is 10.4 Å². The molecule has 6 heteroatoms. The van der Waals surface area contributed by atoms with Crippen LogP contribution in [0, 0.1) is 24.2 Å². The lowest BCUT2D eigenvalue weighted by Gasteiger charge is -2.14. The summed E-state index contributed by atoms with van der Waals surface area (Å²) in [6, 6.07) is 3.75. The molecule has 0 aromatic carbocycles. The number of hydrogen-bond acceptors (Lipinski definition) is 5. The molecule has 0 aliphatic rings. The van der Waals surface area contributed by atoms with E-state index in [9.17, 15) is 4.79 Å². The van der Waals surface area contributed by atoms with Gasteiger partial charge in [0.05, 0.1) is 5.92 Å². The van der Waals surface area contributed by atoms with E-state index in [1.807, 2.05) is 19.9 Å². The maximum atomic E-state index is 10.7. The lowest BCUT2D eigenvalue weighted by atomic mass is 10.0. The van der Waals surface area contributed by atoms with Gasteiger partial charge in [-0.1, -0.05) is 13.3 Å². The second-order valence-electron chi connectivity index (χ2n) is 5.05. The summed E-state index contributed by atoms with van der Waals surface area (Å²) in [7, 11) is 0. The van der Waals surface area contributed by atoms with Crippen molar-refractivity contribution >= 4 is 11.9 Å². The zero-order valence-corrected chi connectivity index (χ0v) is 12.1. The average molecular weight is 276 g/mol. The first kappa shape index (κ1) is 15.9. The summed E-state index contributed by atoms with van der Waals surface area (Å²) in [4.78, 5) is 19.0. The Morgan fingerprint density at radius 2 is 2.15 bits per heavy atom. The highest BCUT2D eigenvalue weighted by molar-refractivity contribution is 5.69. The van der Waals surface area contributed by atoms with Crippen LogP contribution in [-0.2, 0) is 4.79 Å². The van der Waals surface area contributed by atoms with Crippen molar-refractivity contribution in [3.63, 3.8) is 0 Å².